The van der Waals surface area contributed by atoms with Crippen LogP contribution in [0.25, 0.3) is 0 Å². The van der Waals surface area contributed by atoms with Crippen LogP contribution in [0.1, 0.15) is 22.3 Å². The van der Waals surface area contributed by atoms with Crippen molar-refractivity contribution in [1.82, 2.24) is 20.1 Å². The van der Waals surface area contributed by atoms with Crippen LogP contribution in [0.15, 0.2) is 17.8 Å². The van der Waals surface area contributed by atoms with Crippen molar-refractivity contribution in [3.63, 3.8) is 0 Å². The van der Waals surface area contributed by atoms with Crippen LogP contribution in [0.2, 0.25) is 0 Å². The van der Waals surface area contributed by atoms with E-state index in [9.17, 15) is 4.79 Å². The van der Waals surface area contributed by atoms with Crippen LogP contribution in [0.5, 0.6) is 0 Å². The van der Waals surface area contributed by atoms with Gasteiger partial charge in [-0.3, -0.25) is 9.48 Å². The molecule has 96 valence electrons. The van der Waals surface area contributed by atoms with Crippen molar-refractivity contribution >= 4 is 17.2 Å². The van der Waals surface area contributed by atoms with Crippen molar-refractivity contribution in [1.29, 1.82) is 0 Å². The van der Waals surface area contributed by atoms with Crippen molar-refractivity contribution in [3.05, 3.63) is 34.0 Å². The highest BCUT2D eigenvalue weighted by molar-refractivity contribution is 7.09. The molecule has 0 aliphatic carbocycles. The van der Waals surface area contributed by atoms with E-state index in [-0.39, 0.29) is 5.91 Å². The van der Waals surface area contributed by atoms with Gasteiger partial charge in [-0.15, -0.1) is 11.3 Å². The molecular formula is C11H15N5OS. The summed E-state index contributed by atoms with van der Waals surface area (Å²) in [4.78, 5) is 16.1. The Morgan fingerprint density at radius 1 is 1.67 bits per heavy atom. The minimum atomic E-state index is -0.696. The molecule has 0 spiro atoms. The summed E-state index contributed by atoms with van der Waals surface area (Å²) in [6.45, 7) is 2.33. The number of rotatable bonds is 4. The molecule has 2 rings (SSSR count). The number of hydrogen-bond acceptors (Lipinski definition) is 5. The third-order valence-corrected chi connectivity index (χ3v) is 3.30. The Labute approximate surface area is 109 Å². The maximum atomic E-state index is 11.8. The van der Waals surface area contributed by atoms with Crippen LogP contribution in [0.4, 0.5) is 0 Å². The number of nitrogens with two attached hydrogens (primary N) is 1. The molecule has 0 aliphatic heterocycles. The number of nitrogens with one attached hydrogen (secondary N) is 1. The first-order chi connectivity index (χ1) is 8.56. The summed E-state index contributed by atoms with van der Waals surface area (Å²) < 4.78 is 1.62. The minimum absolute atomic E-state index is 0.228. The molecule has 0 aromatic carbocycles. The first-order valence-corrected chi connectivity index (χ1v) is 6.37. The topological polar surface area (TPSA) is 85.8 Å². The van der Waals surface area contributed by atoms with Crippen molar-refractivity contribution in [3.8, 4) is 0 Å². The molecule has 0 aliphatic rings. The number of thiazole rings is 1. The van der Waals surface area contributed by atoms with E-state index >= 15 is 0 Å². The lowest BCUT2D eigenvalue weighted by atomic mass is 10.1. The Morgan fingerprint density at radius 3 is 3.00 bits per heavy atom. The van der Waals surface area contributed by atoms with Gasteiger partial charge in [-0.2, -0.15) is 5.10 Å². The molecule has 1 amide bonds. The smallest absolute Gasteiger partial charge is 0.241 e. The largest absolute Gasteiger partial charge is 0.349 e. The van der Waals surface area contributed by atoms with Crippen LogP contribution >= 0.6 is 11.3 Å². The van der Waals surface area contributed by atoms with Crippen molar-refractivity contribution in [2.45, 2.75) is 19.5 Å². The van der Waals surface area contributed by atoms with Crippen LogP contribution in [-0.2, 0) is 18.4 Å². The molecule has 18 heavy (non-hydrogen) atoms. The van der Waals surface area contributed by atoms with Gasteiger partial charge in [0.05, 0.1) is 23.4 Å². The molecular weight excluding hydrogens is 250 g/mol. The second-order valence-corrected chi connectivity index (χ2v) is 5.06. The molecule has 2 aromatic rings. The number of amides is 1. The average Bonchev–Trinajstić information content (AvgIpc) is 2.94. The fourth-order valence-electron chi connectivity index (χ4n) is 1.53. The first kappa shape index (κ1) is 12.7. The standard InChI is InChI=1S/C11H15N5OS/c1-7-15-9(6-18-7)4-13-11(17)10(12)8-3-14-16(2)5-8/h3,5-6,10H,4,12H2,1-2H3,(H,13,17). The zero-order valence-corrected chi connectivity index (χ0v) is 11.1. The Bertz CT molecular complexity index is 547. The molecule has 1 atom stereocenters. The van der Waals surface area contributed by atoms with E-state index in [4.69, 9.17) is 5.73 Å². The quantitative estimate of drug-likeness (QED) is 0.843. The maximum Gasteiger partial charge on any atom is 0.241 e. The number of aromatic nitrogens is 3. The van der Waals surface area contributed by atoms with Gasteiger partial charge in [-0.25, -0.2) is 4.98 Å². The number of carbonyl (C=O) groups excluding carboxylic acids is 1. The summed E-state index contributed by atoms with van der Waals surface area (Å²) in [5, 5.41) is 9.65. The van der Waals surface area contributed by atoms with E-state index in [2.05, 4.69) is 15.4 Å². The lowest BCUT2D eigenvalue weighted by Gasteiger charge is -2.09. The van der Waals surface area contributed by atoms with Gasteiger partial charge in [0.15, 0.2) is 0 Å². The fourth-order valence-corrected chi connectivity index (χ4v) is 2.14. The van der Waals surface area contributed by atoms with Gasteiger partial charge in [-0.1, -0.05) is 0 Å². The third-order valence-electron chi connectivity index (χ3n) is 2.48. The lowest BCUT2D eigenvalue weighted by Crippen LogP contribution is -2.33. The SMILES string of the molecule is Cc1nc(CNC(=O)C(N)c2cnn(C)c2)cs1. The number of hydrogen-bond donors (Lipinski definition) is 2. The monoisotopic (exact) mass is 265 g/mol. The zero-order chi connectivity index (χ0) is 13.1. The van der Waals surface area contributed by atoms with Gasteiger partial charge in [0.25, 0.3) is 0 Å². The van der Waals surface area contributed by atoms with Crippen molar-refractivity contribution in [2.75, 3.05) is 0 Å². The van der Waals surface area contributed by atoms with Crippen LogP contribution in [-0.4, -0.2) is 20.7 Å². The number of nitrogens with zero attached hydrogens (tertiary/aromatic N) is 3. The highest BCUT2D eigenvalue weighted by atomic mass is 32.1. The van der Waals surface area contributed by atoms with E-state index in [0.717, 1.165) is 10.7 Å². The summed E-state index contributed by atoms with van der Waals surface area (Å²) in [5.41, 5.74) is 7.39. The van der Waals surface area contributed by atoms with Crippen LogP contribution < -0.4 is 11.1 Å². The molecule has 0 saturated heterocycles. The molecule has 2 heterocycles. The highest BCUT2D eigenvalue weighted by Crippen LogP contribution is 2.10. The summed E-state index contributed by atoms with van der Waals surface area (Å²) in [7, 11) is 1.78. The highest BCUT2D eigenvalue weighted by Gasteiger charge is 2.17. The van der Waals surface area contributed by atoms with E-state index < -0.39 is 6.04 Å². The zero-order valence-electron chi connectivity index (χ0n) is 10.3. The first-order valence-electron chi connectivity index (χ1n) is 5.49. The van der Waals surface area contributed by atoms with Gasteiger partial charge >= 0.3 is 0 Å². The summed E-state index contributed by atoms with van der Waals surface area (Å²) in [6.07, 6.45) is 3.33. The predicted octanol–water partition coefficient (Wildman–Crippen LogP) is 0.501. The molecule has 2 aromatic heterocycles. The fraction of sp³-hybridized carbons (Fsp3) is 0.364. The van der Waals surface area contributed by atoms with Crippen molar-refractivity contribution < 1.29 is 4.79 Å². The van der Waals surface area contributed by atoms with E-state index in [1.165, 1.54) is 0 Å². The van der Waals surface area contributed by atoms with E-state index in [0.29, 0.717) is 12.1 Å². The molecule has 1 unspecified atom stereocenters. The third kappa shape index (κ3) is 2.93. The van der Waals surface area contributed by atoms with Crippen LogP contribution in [0, 0.1) is 6.92 Å². The van der Waals surface area contributed by atoms with E-state index in [1.807, 2.05) is 12.3 Å². The van der Waals surface area contributed by atoms with Gasteiger partial charge in [0.2, 0.25) is 5.91 Å². The Balaban J connectivity index is 1.92. The Kier molecular flexibility index (Phi) is 3.73. The molecule has 0 bridgehead atoms. The van der Waals surface area contributed by atoms with Gasteiger partial charge in [0.1, 0.15) is 6.04 Å². The predicted molar refractivity (Wildman–Crippen MR) is 68.8 cm³/mol. The van der Waals surface area contributed by atoms with Crippen molar-refractivity contribution in [2.24, 2.45) is 12.8 Å². The van der Waals surface area contributed by atoms with Crippen LogP contribution in [0.3, 0.4) is 0 Å². The van der Waals surface area contributed by atoms with Gasteiger partial charge in [0, 0.05) is 24.2 Å². The molecule has 7 heteroatoms. The second kappa shape index (κ2) is 5.28. The second-order valence-electron chi connectivity index (χ2n) is 4.00. The lowest BCUT2D eigenvalue weighted by molar-refractivity contribution is -0.122. The number of aryl methyl sites for hydroxylation is 2. The maximum absolute atomic E-state index is 11.8. The van der Waals surface area contributed by atoms with Gasteiger partial charge in [-0.05, 0) is 6.92 Å². The summed E-state index contributed by atoms with van der Waals surface area (Å²) in [6, 6.07) is -0.696. The minimum Gasteiger partial charge on any atom is -0.349 e. The average molecular weight is 265 g/mol. The number of carbonyl (C=O) groups is 1. The molecule has 0 fully saturated rings. The Morgan fingerprint density at radius 2 is 2.44 bits per heavy atom. The molecule has 0 radical (unpaired) electrons. The summed E-state index contributed by atoms with van der Waals surface area (Å²) >= 11 is 1.56. The molecule has 6 nitrogen and oxygen atoms in total. The Hall–Kier alpha value is -1.73. The van der Waals surface area contributed by atoms with E-state index in [1.54, 1.807) is 35.5 Å². The molecule has 0 saturated carbocycles. The molecule has 3 N–H and O–H groups in total. The van der Waals surface area contributed by atoms with Gasteiger partial charge < -0.3 is 11.1 Å². The normalized spacial score (nSPS) is 12.4. The summed E-state index contributed by atoms with van der Waals surface area (Å²) in [5.74, 6) is -0.228.